The molecule has 0 bridgehead atoms. The second kappa shape index (κ2) is 10.0. The Labute approximate surface area is 151 Å². The molecule has 25 heavy (non-hydrogen) atoms. The summed E-state index contributed by atoms with van der Waals surface area (Å²) in [6, 6.07) is 7.25. The number of hydrogen-bond acceptors (Lipinski definition) is 4. The second-order valence-corrected chi connectivity index (χ2v) is 6.50. The monoisotopic (exact) mass is 346 g/mol. The summed E-state index contributed by atoms with van der Waals surface area (Å²) in [5.41, 5.74) is -0.0581. The summed E-state index contributed by atoms with van der Waals surface area (Å²) in [5, 5.41) is 12.2. The molecule has 0 unspecified atom stereocenters. The van der Waals surface area contributed by atoms with Crippen molar-refractivity contribution in [2.75, 3.05) is 12.4 Å². The standard InChI is InChI=1S/C20H30N2O3/c1-6-8-9-12-20(4,24-5)19(23)22-18-11-10-17(13-16(18)14-21)25-15(3)7-2/h10-11,13,15H,6-9,12H2,1-5H3,(H,22,23)/t15-,20+/m1/s1. The van der Waals surface area contributed by atoms with Crippen LogP contribution in [0.3, 0.4) is 0 Å². The first-order valence-corrected chi connectivity index (χ1v) is 8.97. The summed E-state index contributed by atoms with van der Waals surface area (Å²) < 4.78 is 11.2. The van der Waals surface area contributed by atoms with E-state index in [1.165, 1.54) is 0 Å². The predicted molar refractivity (Wildman–Crippen MR) is 99.7 cm³/mol. The lowest BCUT2D eigenvalue weighted by molar-refractivity contribution is -0.136. The maximum atomic E-state index is 12.7. The molecule has 0 aromatic heterocycles. The van der Waals surface area contributed by atoms with Crippen LogP contribution in [0.4, 0.5) is 5.69 Å². The van der Waals surface area contributed by atoms with Gasteiger partial charge < -0.3 is 14.8 Å². The summed E-state index contributed by atoms with van der Waals surface area (Å²) in [5.74, 6) is 0.388. The van der Waals surface area contributed by atoms with Crippen LogP contribution in [0, 0.1) is 11.3 Å². The summed E-state index contributed by atoms with van der Waals surface area (Å²) in [6.45, 7) is 7.91. The van der Waals surface area contributed by atoms with Gasteiger partial charge in [-0.1, -0.05) is 33.1 Å². The Kier molecular flexibility index (Phi) is 8.44. The van der Waals surface area contributed by atoms with Crippen molar-refractivity contribution in [3.63, 3.8) is 0 Å². The zero-order valence-electron chi connectivity index (χ0n) is 16.0. The lowest BCUT2D eigenvalue weighted by Crippen LogP contribution is -2.42. The molecule has 138 valence electrons. The van der Waals surface area contributed by atoms with Crippen molar-refractivity contribution in [2.45, 2.75) is 71.5 Å². The summed E-state index contributed by atoms with van der Waals surface area (Å²) in [4.78, 5) is 12.7. The average molecular weight is 346 g/mol. The molecule has 0 saturated carbocycles. The van der Waals surface area contributed by atoms with Gasteiger partial charge in [0.15, 0.2) is 0 Å². The Balaban J connectivity index is 2.90. The van der Waals surface area contributed by atoms with Crippen molar-refractivity contribution in [1.29, 1.82) is 5.26 Å². The fourth-order valence-corrected chi connectivity index (χ4v) is 2.39. The summed E-state index contributed by atoms with van der Waals surface area (Å²) in [6.07, 6.45) is 4.64. The molecule has 0 heterocycles. The lowest BCUT2D eigenvalue weighted by Gasteiger charge is -2.27. The number of nitriles is 1. The fourth-order valence-electron chi connectivity index (χ4n) is 2.39. The third kappa shape index (κ3) is 6.06. The zero-order valence-corrected chi connectivity index (χ0v) is 16.0. The van der Waals surface area contributed by atoms with E-state index in [0.717, 1.165) is 25.7 Å². The smallest absolute Gasteiger partial charge is 0.256 e. The number of ether oxygens (including phenoxy) is 2. The van der Waals surface area contributed by atoms with Gasteiger partial charge in [-0.25, -0.2) is 0 Å². The van der Waals surface area contributed by atoms with E-state index in [-0.39, 0.29) is 12.0 Å². The van der Waals surface area contributed by atoms with Crippen molar-refractivity contribution in [3.8, 4) is 11.8 Å². The van der Waals surface area contributed by atoms with Gasteiger partial charge in [-0.05, 0) is 38.8 Å². The van der Waals surface area contributed by atoms with E-state index in [0.29, 0.717) is 23.4 Å². The summed E-state index contributed by atoms with van der Waals surface area (Å²) >= 11 is 0. The molecule has 1 aromatic carbocycles. The topological polar surface area (TPSA) is 71.3 Å². The first-order valence-electron chi connectivity index (χ1n) is 8.97. The minimum Gasteiger partial charge on any atom is -0.491 e. The van der Waals surface area contributed by atoms with Crippen LogP contribution in [0.1, 0.15) is 65.4 Å². The zero-order chi connectivity index (χ0) is 18.9. The Morgan fingerprint density at radius 1 is 1.36 bits per heavy atom. The van der Waals surface area contributed by atoms with Crippen LogP contribution >= 0.6 is 0 Å². The van der Waals surface area contributed by atoms with Gasteiger partial charge in [0.2, 0.25) is 0 Å². The lowest BCUT2D eigenvalue weighted by atomic mass is 9.96. The fraction of sp³-hybridized carbons (Fsp3) is 0.600. The highest BCUT2D eigenvalue weighted by atomic mass is 16.5. The van der Waals surface area contributed by atoms with Crippen molar-refractivity contribution >= 4 is 11.6 Å². The normalized spacial score (nSPS) is 14.2. The molecule has 1 amide bonds. The van der Waals surface area contributed by atoms with Crippen LogP contribution < -0.4 is 10.1 Å². The van der Waals surface area contributed by atoms with E-state index in [1.807, 2.05) is 13.8 Å². The van der Waals surface area contributed by atoms with Crippen molar-refractivity contribution in [1.82, 2.24) is 0 Å². The summed E-state index contributed by atoms with van der Waals surface area (Å²) in [7, 11) is 1.54. The average Bonchev–Trinajstić information content (AvgIpc) is 2.62. The molecule has 0 radical (unpaired) electrons. The molecule has 1 N–H and O–H groups in total. The van der Waals surface area contributed by atoms with Crippen molar-refractivity contribution < 1.29 is 14.3 Å². The van der Waals surface area contributed by atoms with Gasteiger partial charge in [0.25, 0.3) is 5.91 Å². The SMILES string of the molecule is CCCCC[C@](C)(OC)C(=O)Nc1ccc(O[C@H](C)CC)cc1C#N. The first kappa shape index (κ1) is 21.0. The Hall–Kier alpha value is -2.06. The van der Waals surface area contributed by atoms with Crippen LogP contribution in [0.25, 0.3) is 0 Å². The van der Waals surface area contributed by atoms with Crippen LogP contribution in [0.5, 0.6) is 5.75 Å². The van der Waals surface area contributed by atoms with Crippen molar-refractivity contribution in [3.05, 3.63) is 23.8 Å². The van der Waals surface area contributed by atoms with Gasteiger partial charge in [0.05, 0.1) is 17.4 Å². The number of carbonyl (C=O) groups excluding carboxylic acids is 1. The number of carbonyl (C=O) groups is 1. The van der Waals surface area contributed by atoms with Crippen LogP contribution in [0.2, 0.25) is 0 Å². The second-order valence-electron chi connectivity index (χ2n) is 6.50. The van der Waals surface area contributed by atoms with Gasteiger partial charge >= 0.3 is 0 Å². The third-order valence-corrected chi connectivity index (χ3v) is 4.46. The van der Waals surface area contributed by atoms with Gasteiger partial charge in [0.1, 0.15) is 17.4 Å². The predicted octanol–water partition coefficient (Wildman–Crippen LogP) is 4.66. The van der Waals surface area contributed by atoms with Gasteiger partial charge in [-0.2, -0.15) is 5.26 Å². The number of anilines is 1. The van der Waals surface area contributed by atoms with Crippen molar-refractivity contribution in [2.24, 2.45) is 0 Å². The number of hydrogen-bond donors (Lipinski definition) is 1. The van der Waals surface area contributed by atoms with Gasteiger partial charge in [0, 0.05) is 13.2 Å². The molecule has 0 aliphatic heterocycles. The molecule has 0 fully saturated rings. The van der Waals surface area contributed by atoms with Crippen LogP contribution in [0.15, 0.2) is 18.2 Å². The molecule has 1 rings (SSSR count). The van der Waals surface area contributed by atoms with Crippen LogP contribution in [-0.4, -0.2) is 24.7 Å². The van der Waals surface area contributed by atoms with E-state index in [2.05, 4.69) is 18.3 Å². The number of amides is 1. The number of nitrogens with zero attached hydrogens (tertiary/aromatic N) is 1. The minimum absolute atomic E-state index is 0.0716. The highest BCUT2D eigenvalue weighted by Crippen LogP contribution is 2.26. The maximum absolute atomic E-state index is 12.7. The minimum atomic E-state index is -0.909. The Bertz CT molecular complexity index is 609. The number of rotatable bonds is 10. The highest BCUT2D eigenvalue weighted by molar-refractivity contribution is 5.98. The van der Waals surface area contributed by atoms with Gasteiger partial charge in [-0.3, -0.25) is 4.79 Å². The number of benzene rings is 1. The van der Waals surface area contributed by atoms with E-state index < -0.39 is 5.60 Å². The highest BCUT2D eigenvalue weighted by Gasteiger charge is 2.32. The number of unbranched alkanes of at least 4 members (excludes halogenated alkanes) is 2. The molecule has 5 heteroatoms. The maximum Gasteiger partial charge on any atom is 0.256 e. The number of methoxy groups -OCH3 is 1. The first-order chi connectivity index (χ1) is 11.9. The van der Waals surface area contributed by atoms with Crippen LogP contribution in [-0.2, 0) is 9.53 Å². The third-order valence-electron chi connectivity index (χ3n) is 4.46. The molecule has 2 atom stereocenters. The Morgan fingerprint density at radius 2 is 2.08 bits per heavy atom. The van der Waals surface area contributed by atoms with E-state index in [1.54, 1.807) is 32.2 Å². The largest absolute Gasteiger partial charge is 0.491 e. The van der Waals surface area contributed by atoms with E-state index in [9.17, 15) is 10.1 Å². The Morgan fingerprint density at radius 3 is 2.64 bits per heavy atom. The molecule has 0 saturated heterocycles. The molecule has 5 nitrogen and oxygen atoms in total. The molecular formula is C20H30N2O3. The molecule has 1 aromatic rings. The quantitative estimate of drug-likeness (QED) is 0.625. The number of nitrogens with one attached hydrogen (secondary N) is 1. The molecule has 0 spiro atoms. The molecule has 0 aliphatic rings. The van der Waals surface area contributed by atoms with E-state index in [4.69, 9.17) is 9.47 Å². The molecular weight excluding hydrogens is 316 g/mol. The van der Waals surface area contributed by atoms with E-state index >= 15 is 0 Å². The molecule has 0 aliphatic carbocycles. The van der Waals surface area contributed by atoms with Gasteiger partial charge in [-0.15, -0.1) is 0 Å².